The van der Waals surface area contributed by atoms with Crippen molar-refractivity contribution in [2.45, 2.75) is 24.9 Å². The van der Waals surface area contributed by atoms with Crippen LogP contribution in [0, 0.1) is 0 Å². The molecule has 0 aliphatic carbocycles. The Morgan fingerprint density at radius 2 is 1.87 bits per heavy atom. The fourth-order valence-electron chi connectivity index (χ4n) is 3.40. The van der Waals surface area contributed by atoms with E-state index in [1.165, 1.54) is 6.20 Å². The normalized spacial score (nSPS) is 18.5. The Labute approximate surface area is 175 Å². The van der Waals surface area contributed by atoms with E-state index in [9.17, 15) is 18.0 Å². The minimum absolute atomic E-state index is 0.135. The van der Waals surface area contributed by atoms with Gasteiger partial charge in [-0.3, -0.25) is 14.8 Å². The van der Waals surface area contributed by atoms with Gasteiger partial charge >= 0.3 is 6.18 Å². The highest BCUT2D eigenvalue weighted by molar-refractivity contribution is 6.09. The Kier molecular flexibility index (Phi) is 5.14. The lowest BCUT2D eigenvalue weighted by Crippen LogP contribution is -2.39. The number of aliphatic imine (C=N–C) groups is 1. The van der Waals surface area contributed by atoms with E-state index in [2.05, 4.69) is 15.4 Å². The standard InChI is InChI=1S/C21H18F3N5O2/c22-20(23,24)13-29-11-16(10-26-29)21(18(30)27-19(25)28-21)15-7-4-8-17(9-15)31-12-14-5-2-1-3-6-14/h1-11H,12-13H2,(H3,25,27,28,30). The second-order valence-electron chi connectivity index (χ2n) is 7.01. The molecule has 1 aromatic heterocycles. The van der Waals surface area contributed by atoms with Gasteiger partial charge in [0, 0.05) is 11.8 Å². The first-order valence-electron chi connectivity index (χ1n) is 9.30. The summed E-state index contributed by atoms with van der Waals surface area (Å²) in [6, 6.07) is 16.2. The van der Waals surface area contributed by atoms with E-state index in [0.29, 0.717) is 22.6 Å². The van der Waals surface area contributed by atoms with Crippen molar-refractivity contribution in [1.82, 2.24) is 15.1 Å². The molecule has 0 spiro atoms. The molecule has 1 atom stereocenters. The first-order valence-corrected chi connectivity index (χ1v) is 9.30. The average Bonchev–Trinajstić information content (AvgIpc) is 3.30. The van der Waals surface area contributed by atoms with Crippen molar-refractivity contribution >= 4 is 11.9 Å². The van der Waals surface area contributed by atoms with Crippen LogP contribution in [0.15, 0.2) is 72.0 Å². The molecule has 3 N–H and O–H groups in total. The SMILES string of the molecule is NC1=NC(c2cccc(OCc3ccccc3)c2)(c2cnn(CC(F)(F)F)c2)C(=O)N1. The van der Waals surface area contributed by atoms with E-state index < -0.39 is 24.2 Å². The summed E-state index contributed by atoms with van der Waals surface area (Å²) in [4.78, 5) is 17.1. The van der Waals surface area contributed by atoms with Gasteiger partial charge in [0.25, 0.3) is 5.91 Å². The van der Waals surface area contributed by atoms with Crippen molar-refractivity contribution < 1.29 is 22.7 Å². The third-order valence-corrected chi connectivity index (χ3v) is 4.75. The first-order chi connectivity index (χ1) is 14.8. The van der Waals surface area contributed by atoms with E-state index in [4.69, 9.17) is 10.5 Å². The second kappa shape index (κ2) is 7.78. The van der Waals surface area contributed by atoms with Gasteiger partial charge in [0.1, 0.15) is 18.9 Å². The van der Waals surface area contributed by atoms with Crippen LogP contribution in [0.25, 0.3) is 0 Å². The number of rotatable bonds is 6. The number of hydrogen-bond acceptors (Lipinski definition) is 5. The van der Waals surface area contributed by atoms with Gasteiger partial charge in [-0.05, 0) is 23.3 Å². The number of benzene rings is 2. The number of carbonyl (C=O) groups is 1. The van der Waals surface area contributed by atoms with Crippen LogP contribution in [0.5, 0.6) is 5.75 Å². The van der Waals surface area contributed by atoms with Crippen LogP contribution in [-0.2, 0) is 23.5 Å². The Morgan fingerprint density at radius 1 is 1.10 bits per heavy atom. The maximum Gasteiger partial charge on any atom is 0.408 e. The number of nitrogens with two attached hydrogens (primary N) is 1. The molecule has 0 fully saturated rings. The fourth-order valence-corrected chi connectivity index (χ4v) is 3.40. The van der Waals surface area contributed by atoms with Crippen LogP contribution in [0.1, 0.15) is 16.7 Å². The zero-order valence-electron chi connectivity index (χ0n) is 16.1. The molecule has 1 aliphatic heterocycles. The number of amides is 1. The van der Waals surface area contributed by atoms with Gasteiger partial charge in [-0.25, -0.2) is 4.99 Å². The van der Waals surface area contributed by atoms with E-state index in [1.807, 2.05) is 30.3 Å². The molecule has 2 heterocycles. The second-order valence-corrected chi connectivity index (χ2v) is 7.01. The van der Waals surface area contributed by atoms with Crippen LogP contribution < -0.4 is 15.8 Å². The molecule has 2 aromatic carbocycles. The van der Waals surface area contributed by atoms with Gasteiger partial charge in [-0.1, -0.05) is 42.5 Å². The molecule has 160 valence electrons. The molecule has 0 saturated carbocycles. The summed E-state index contributed by atoms with van der Waals surface area (Å²) in [6.07, 6.45) is -2.13. The number of nitrogens with zero attached hydrogens (tertiary/aromatic N) is 3. The molecule has 0 saturated heterocycles. The zero-order valence-corrected chi connectivity index (χ0v) is 16.1. The highest BCUT2D eigenvalue weighted by Crippen LogP contribution is 2.38. The van der Waals surface area contributed by atoms with Gasteiger partial charge in [-0.15, -0.1) is 0 Å². The van der Waals surface area contributed by atoms with Crippen molar-refractivity contribution in [3.8, 4) is 5.75 Å². The predicted octanol–water partition coefficient (Wildman–Crippen LogP) is 2.71. The Balaban J connectivity index is 1.69. The maximum absolute atomic E-state index is 12.9. The third-order valence-electron chi connectivity index (χ3n) is 4.75. The van der Waals surface area contributed by atoms with Gasteiger partial charge in [-0.2, -0.15) is 18.3 Å². The van der Waals surface area contributed by atoms with Gasteiger partial charge in [0.05, 0.1) is 6.20 Å². The molecule has 7 nitrogen and oxygen atoms in total. The molecule has 1 unspecified atom stereocenters. The van der Waals surface area contributed by atoms with Crippen molar-refractivity contribution in [3.63, 3.8) is 0 Å². The fraction of sp³-hybridized carbons (Fsp3) is 0.190. The van der Waals surface area contributed by atoms with Crippen molar-refractivity contribution in [2.75, 3.05) is 0 Å². The molecular formula is C21H18F3N5O2. The predicted molar refractivity (Wildman–Crippen MR) is 106 cm³/mol. The molecule has 0 radical (unpaired) electrons. The van der Waals surface area contributed by atoms with E-state index in [1.54, 1.807) is 24.3 Å². The zero-order chi connectivity index (χ0) is 22.1. The monoisotopic (exact) mass is 429 g/mol. The number of carbonyl (C=O) groups excluding carboxylic acids is 1. The molecule has 0 bridgehead atoms. The molecule has 1 amide bonds. The molecular weight excluding hydrogens is 411 g/mol. The van der Waals surface area contributed by atoms with E-state index in [0.717, 1.165) is 11.8 Å². The Morgan fingerprint density at radius 3 is 2.55 bits per heavy atom. The lowest BCUT2D eigenvalue weighted by atomic mass is 9.85. The molecule has 1 aliphatic rings. The lowest BCUT2D eigenvalue weighted by molar-refractivity contribution is -0.142. The van der Waals surface area contributed by atoms with Crippen LogP contribution in [0.4, 0.5) is 13.2 Å². The summed E-state index contributed by atoms with van der Waals surface area (Å²) >= 11 is 0. The smallest absolute Gasteiger partial charge is 0.408 e. The molecule has 10 heteroatoms. The molecule has 31 heavy (non-hydrogen) atoms. The van der Waals surface area contributed by atoms with Crippen LogP contribution >= 0.6 is 0 Å². The van der Waals surface area contributed by atoms with Crippen molar-refractivity contribution in [1.29, 1.82) is 0 Å². The summed E-state index contributed by atoms with van der Waals surface area (Å²) in [5.74, 6) is -0.252. The van der Waals surface area contributed by atoms with Crippen molar-refractivity contribution in [2.24, 2.45) is 10.7 Å². The average molecular weight is 429 g/mol. The summed E-state index contributed by atoms with van der Waals surface area (Å²) in [5, 5.41) is 6.18. The Bertz CT molecular complexity index is 1130. The third kappa shape index (κ3) is 4.23. The number of halogens is 3. The molecule has 3 aromatic rings. The minimum Gasteiger partial charge on any atom is -0.489 e. The summed E-state index contributed by atoms with van der Waals surface area (Å²) in [7, 11) is 0. The number of guanidine groups is 1. The summed E-state index contributed by atoms with van der Waals surface area (Å²) in [5.41, 5.74) is 5.58. The lowest BCUT2D eigenvalue weighted by Gasteiger charge is -2.23. The highest BCUT2D eigenvalue weighted by atomic mass is 19.4. The Hall–Kier alpha value is -3.82. The number of aromatic nitrogens is 2. The summed E-state index contributed by atoms with van der Waals surface area (Å²) in [6.45, 7) is -0.984. The summed E-state index contributed by atoms with van der Waals surface area (Å²) < 4.78 is 44.8. The largest absolute Gasteiger partial charge is 0.489 e. The topological polar surface area (TPSA) is 94.5 Å². The van der Waals surface area contributed by atoms with E-state index >= 15 is 0 Å². The number of alkyl halides is 3. The van der Waals surface area contributed by atoms with Gasteiger partial charge in [0.15, 0.2) is 11.5 Å². The van der Waals surface area contributed by atoms with Crippen LogP contribution in [0.3, 0.4) is 0 Å². The van der Waals surface area contributed by atoms with Crippen LogP contribution in [0.2, 0.25) is 0 Å². The quantitative estimate of drug-likeness (QED) is 0.630. The first kappa shape index (κ1) is 20.5. The van der Waals surface area contributed by atoms with E-state index in [-0.39, 0.29) is 11.5 Å². The van der Waals surface area contributed by atoms with Gasteiger partial charge < -0.3 is 10.5 Å². The number of nitrogens with one attached hydrogen (secondary N) is 1. The number of hydrogen-bond donors (Lipinski definition) is 2. The van der Waals surface area contributed by atoms with Crippen LogP contribution in [-0.4, -0.2) is 27.8 Å². The molecule has 4 rings (SSSR count). The maximum atomic E-state index is 12.9. The number of ether oxygens (including phenoxy) is 1. The minimum atomic E-state index is -4.46. The highest BCUT2D eigenvalue weighted by Gasteiger charge is 2.48. The van der Waals surface area contributed by atoms with Crippen molar-refractivity contribution in [3.05, 3.63) is 83.7 Å². The van der Waals surface area contributed by atoms with Gasteiger partial charge in [0.2, 0.25) is 0 Å².